The third-order valence-electron chi connectivity index (χ3n) is 6.33. The molecule has 0 rings (SSSR count). The van der Waals surface area contributed by atoms with Crippen LogP contribution >= 0.6 is 24.4 Å². The van der Waals surface area contributed by atoms with Gasteiger partial charge in [0.15, 0.2) is 5.12 Å². The summed E-state index contributed by atoms with van der Waals surface area (Å²) >= 11 is 5.49. The monoisotopic (exact) mass is 588 g/mol. The normalized spacial score (nSPS) is 11.9. The fraction of sp³-hybridized carbons (Fsp3) is 0.893. The van der Waals surface area contributed by atoms with Crippen molar-refractivity contribution in [1.29, 1.82) is 0 Å². The van der Waals surface area contributed by atoms with Crippen molar-refractivity contribution in [3.63, 3.8) is 0 Å². The molecule has 11 heteroatoms. The van der Waals surface area contributed by atoms with Crippen LogP contribution in [0.1, 0.15) is 87.0 Å². The molecule has 0 heterocycles. The van der Waals surface area contributed by atoms with Crippen LogP contribution in [0.25, 0.3) is 0 Å². The molecule has 0 aromatic rings. The minimum absolute atomic E-state index is 0. The molecule has 0 saturated carbocycles. The second kappa shape index (κ2) is 32.3. The van der Waals surface area contributed by atoms with E-state index in [0.29, 0.717) is 19.0 Å². The number of thiol groups is 1. The molecule has 0 saturated heterocycles. The van der Waals surface area contributed by atoms with E-state index in [0.717, 1.165) is 83.5 Å². The van der Waals surface area contributed by atoms with Crippen LogP contribution in [-0.2, 0) is 23.9 Å². The quantitative estimate of drug-likeness (QED) is 0.123. The number of esters is 2. The second-order valence-corrected chi connectivity index (χ2v) is 10.6. The molecule has 228 valence electrons. The zero-order valence-corrected chi connectivity index (χ0v) is 27.9. The number of ether oxygens (including phenoxy) is 2. The Balaban J connectivity index is -0.000000302. The van der Waals surface area contributed by atoms with E-state index in [2.05, 4.69) is 50.1 Å². The van der Waals surface area contributed by atoms with Crippen molar-refractivity contribution in [2.75, 3.05) is 64.0 Å². The van der Waals surface area contributed by atoms with Crippen molar-refractivity contribution < 1.29 is 48.2 Å². The van der Waals surface area contributed by atoms with Gasteiger partial charge >= 0.3 is 30.8 Å². The molecular weight excluding hydrogens is 531 g/mol. The van der Waals surface area contributed by atoms with E-state index in [1.807, 2.05) is 13.8 Å². The molecule has 0 aliphatic heterocycles. The van der Waals surface area contributed by atoms with E-state index in [-0.39, 0.29) is 53.2 Å². The Morgan fingerprint density at radius 2 is 1.10 bits per heavy atom. The van der Waals surface area contributed by atoms with E-state index in [4.69, 9.17) is 9.47 Å². The van der Waals surface area contributed by atoms with Crippen molar-refractivity contribution >= 4 is 41.4 Å². The SMILES string of the molecule is CCOC(=O)[C@@H](CCS)CCCN(CC)CC.CCOC(=O)[C@H](CCCN(CC)CC)CCSC(C)=O.[Li+].[OH-]. The molecular formula is C28H57LiN2O6S2. The van der Waals surface area contributed by atoms with Gasteiger partial charge in [-0.25, -0.2) is 0 Å². The van der Waals surface area contributed by atoms with E-state index in [9.17, 15) is 14.4 Å². The number of thioether (sulfide) groups is 1. The van der Waals surface area contributed by atoms with Gasteiger partial charge in [-0.1, -0.05) is 39.5 Å². The molecule has 0 spiro atoms. The summed E-state index contributed by atoms with van der Waals surface area (Å²) in [5.74, 6) is 1.23. The molecule has 39 heavy (non-hydrogen) atoms. The Labute approximate surface area is 261 Å². The molecule has 0 aromatic heterocycles. The number of hydrogen-bond acceptors (Lipinski definition) is 10. The van der Waals surface area contributed by atoms with Crippen LogP contribution in [0.2, 0.25) is 0 Å². The minimum atomic E-state index is -0.115. The Morgan fingerprint density at radius 1 is 0.718 bits per heavy atom. The molecule has 2 atom stereocenters. The standard InChI is InChI=1S/C15H29NO3S.C13H27NO2S.Li.H2O/c1-5-16(6-2)11-8-9-14(15(18)19-7-3)10-12-20-13(4)17;1-4-14(5-2)10-7-8-12(9-11-17)13(15)16-6-3;;/h14H,5-12H2,1-4H3;12,17H,4-11H2,1-3H3;;1H2/q;;+1;/p-1/t14-;12-;;/m11../s1. The van der Waals surface area contributed by atoms with Crippen LogP contribution in [0.5, 0.6) is 0 Å². The van der Waals surface area contributed by atoms with Gasteiger partial charge in [0.05, 0.1) is 25.0 Å². The van der Waals surface area contributed by atoms with Crippen molar-refractivity contribution in [3.8, 4) is 0 Å². The summed E-state index contributed by atoms with van der Waals surface area (Å²) in [6, 6.07) is 0. The van der Waals surface area contributed by atoms with E-state index in [1.54, 1.807) is 6.92 Å². The molecule has 0 amide bonds. The molecule has 0 aliphatic rings. The van der Waals surface area contributed by atoms with Gasteiger partial charge in [0.1, 0.15) is 0 Å². The summed E-state index contributed by atoms with van der Waals surface area (Å²) in [5, 5.41) is 0.107. The summed E-state index contributed by atoms with van der Waals surface area (Å²) in [6.45, 7) is 21.1. The zero-order chi connectivity index (χ0) is 28.5. The number of nitrogens with zero attached hydrogens (tertiary/aromatic N) is 2. The predicted octanol–water partition coefficient (Wildman–Crippen LogP) is 2.39. The van der Waals surface area contributed by atoms with Crippen LogP contribution in [0.15, 0.2) is 0 Å². The predicted molar refractivity (Wildman–Crippen MR) is 162 cm³/mol. The average molecular weight is 589 g/mol. The largest absolute Gasteiger partial charge is 1.00 e. The van der Waals surface area contributed by atoms with Gasteiger partial charge in [0.25, 0.3) is 0 Å². The molecule has 0 radical (unpaired) electrons. The summed E-state index contributed by atoms with van der Waals surface area (Å²) in [7, 11) is 0. The Morgan fingerprint density at radius 3 is 1.41 bits per heavy atom. The Kier molecular flexibility index (Phi) is 37.9. The first-order valence-electron chi connectivity index (χ1n) is 14.3. The van der Waals surface area contributed by atoms with Crippen LogP contribution in [0, 0.1) is 11.8 Å². The average Bonchev–Trinajstić information content (AvgIpc) is 2.88. The third-order valence-corrected chi connectivity index (χ3v) is 7.44. The molecule has 0 aromatic carbocycles. The molecule has 0 fully saturated rings. The Hall–Kier alpha value is -0.213. The van der Waals surface area contributed by atoms with Gasteiger partial charge in [0.2, 0.25) is 0 Å². The summed E-state index contributed by atoms with van der Waals surface area (Å²) in [5.41, 5.74) is 0. The number of carbonyl (C=O) groups is 3. The summed E-state index contributed by atoms with van der Waals surface area (Å²) < 4.78 is 10.2. The van der Waals surface area contributed by atoms with E-state index < -0.39 is 0 Å². The number of rotatable bonds is 21. The van der Waals surface area contributed by atoms with Gasteiger partial charge < -0.3 is 24.7 Å². The second-order valence-electron chi connectivity index (χ2n) is 8.88. The van der Waals surface area contributed by atoms with Crippen LogP contribution in [0.3, 0.4) is 0 Å². The maximum absolute atomic E-state index is 11.9. The van der Waals surface area contributed by atoms with Crippen LogP contribution < -0.4 is 18.9 Å². The fourth-order valence-corrected chi connectivity index (χ4v) is 4.98. The van der Waals surface area contributed by atoms with Gasteiger partial charge in [-0.2, -0.15) is 12.6 Å². The number of carbonyl (C=O) groups excluding carboxylic acids is 3. The third kappa shape index (κ3) is 26.4. The van der Waals surface area contributed by atoms with Crippen molar-refractivity contribution in [2.45, 2.75) is 87.0 Å². The maximum Gasteiger partial charge on any atom is 1.00 e. The van der Waals surface area contributed by atoms with Gasteiger partial charge in [-0.3, -0.25) is 14.4 Å². The van der Waals surface area contributed by atoms with Gasteiger partial charge in [0, 0.05) is 12.7 Å². The first-order chi connectivity index (χ1) is 17.7. The zero-order valence-electron chi connectivity index (χ0n) is 26.2. The first-order valence-corrected chi connectivity index (χ1v) is 15.9. The molecule has 0 unspecified atom stereocenters. The molecule has 8 nitrogen and oxygen atoms in total. The van der Waals surface area contributed by atoms with Gasteiger partial charge in [-0.05, 0) is 97.4 Å². The smallest absolute Gasteiger partial charge is 0.870 e. The van der Waals surface area contributed by atoms with Crippen LogP contribution in [-0.4, -0.2) is 96.3 Å². The minimum Gasteiger partial charge on any atom is -0.870 e. The Bertz CT molecular complexity index is 582. The first kappa shape index (κ1) is 45.8. The molecule has 1 N–H and O–H groups in total. The van der Waals surface area contributed by atoms with Gasteiger partial charge in [-0.15, -0.1) is 0 Å². The van der Waals surface area contributed by atoms with Crippen molar-refractivity contribution in [3.05, 3.63) is 0 Å². The summed E-state index contributed by atoms with van der Waals surface area (Å²) in [4.78, 5) is 39.3. The maximum atomic E-state index is 11.9. The molecule has 0 aliphatic carbocycles. The van der Waals surface area contributed by atoms with E-state index >= 15 is 0 Å². The topological polar surface area (TPSA) is 106 Å². The van der Waals surface area contributed by atoms with Crippen molar-refractivity contribution in [2.24, 2.45) is 11.8 Å². The summed E-state index contributed by atoms with van der Waals surface area (Å²) in [6.07, 6.45) is 5.35. The van der Waals surface area contributed by atoms with Crippen molar-refractivity contribution in [1.82, 2.24) is 9.80 Å². The van der Waals surface area contributed by atoms with Crippen LogP contribution in [0.4, 0.5) is 0 Å². The fourth-order valence-electron chi connectivity index (χ4n) is 3.98. The number of hydrogen-bond donors (Lipinski definition) is 1. The molecule has 0 bridgehead atoms. The van der Waals surface area contributed by atoms with E-state index in [1.165, 1.54) is 11.8 Å².